The first-order valence-electron chi connectivity index (χ1n) is 8.35. The van der Waals surface area contributed by atoms with Crippen molar-refractivity contribution in [3.63, 3.8) is 0 Å². The number of nitrogens with one attached hydrogen (secondary N) is 1. The van der Waals surface area contributed by atoms with Crippen LogP contribution < -0.4 is 9.64 Å². The number of aromatic nitrogens is 2. The molecule has 24 heavy (non-hydrogen) atoms. The predicted octanol–water partition coefficient (Wildman–Crippen LogP) is 4.64. The van der Waals surface area contributed by atoms with Crippen molar-refractivity contribution in [2.45, 2.75) is 25.8 Å². The van der Waals surface area contributed by atoms with Crippen molar-refractivity contribution in [1.29, 1.82) is 0 Å². The Morgan fingerprint density at radius 2 is 1.96 bits per heavy atom. The molecular weight excluding hydrogens is 298 g/mol. The van der Waals surface area contributed by atoms with Crippen molar-refractivity contribution in [1.82, 2.24) is 10.2 Å². The van der Waals surface area contributed by atoms with Crippen LogP contribution >= 0.6 is 0 Å². The van der Waals surface area contributed by atoms with E-state index in [2.05, 4.69) is 41.2 Å². The zero-order valence-corrected chi connectivity index (χ0v) is 14.0. The maximum atomic E-state index is 6.34. The maximum Gasteiger partial charge on any atom is 0.142 e. The minimum absolute atomic E-state index is 0.542. The molecule has 0 fully saturated rings. The number of H-pyrrole nitrogens is 1. The molecule has 3 aromatic rings. The van der Waals surface area contributed by atoms with Gasteiger partial charge < -0.3 is 9.64 Å². The van der Waals surface area contributed by atoms with E-state index in [1.165, 1.54) is 11.3 Å². The van der Waals surface area contributed by atoms with Crippen LogP contribution in [0.25, 0.3) is 11.3 Å². The number of nitrogens with zero attached hydrogens (tertiary/aromatic N) is 2. The van der Waals surface area contributed by atoms with Gasteiger partial charge in [0.05, 0.1) is 5.69 Å². The summed E-state index contributed by atoms with van der Waals surface area (Å²) in [6, 6.07) is 16.8. The lowest BCUT2D eigenvalue weighted by molar-refractivity contribution is 0.470. The zero-order valence-electron chi connectivity index (χ0n) is 14.0. The molecule has 0 bridgehead atoms. The lowest BCUT2D eigenvalue weighted by Gasteiger charge is -2.35. The van der Waals surface area contributed by atoms with E-state index in [-0.39, 0.29) is 0 Å². The van der Waals surface area contributed by atoms with E-state index in [0.717, 1.165) is 35.6 Å². The van der Waals surface area contributed by atoms with Crippen molar-refractivity contribution in [3.8, 4) is 22.8 Å². The fraction of sp³-hybridized carbons (Fsp3) is 0.250. The summed E-state index contributed by atoms with van der Waals surface area (Å²) in [7, 11) is 2.16. The highest BCUT2D eigenvalue weighted by Crippen LogP contribution is 2.43. The molecule has 122 valence electrons. The van der Waals surface area contributed by atoms with Crippen molar-refractivity contribution in [2.75, 3.05) is 11.9 Å². The predicted molar refractivity (Wildman–Crippen MR) is 96.7 cm³/mol. The molecular formula is C20H21N3O. The number of para-hydroxylation sites is 1. The van der Waals surface area contributed by atoms with Gasteiger partial charge in [0.25, 0.3) is 0 Å². The van der Waals surface area contributed by atoms with E-state index in [0.29, 0.717) is 6.04 Å². The monoisotopic (exact) mass is 319 g/mol. The molecule has 0 aliphatic carbocycles. The number of aromatic amines is 1. The quantitative estimate of drug-likeness (QED) is 0.764. The largest absolute Gasteiger partial charge is 0.456 e. The van der Waals surface area contributed by atoms with Gasteiger partial charge in [0, 0.05) is 36.1 Å². The number of anilines is 1. The van der Waals surface area contributed by atoms with E-state index < -0.39 is 0 Å². The van der Waals surface area contributed by atoms with Gasteiger partial charge in [-0.25, -0.2) is 0 Å². The summed E-state index contributed by atoms with van der Waals surface area (Å²) in [5.41, 5.74) is 4.55. The molecule has 4 nitrogen and oxygen atoms in total. The standard InChI is InChI=1S/C20H21N3O/c1-14-8-9-17-19(23(14)2)11-10-16(18-12-13-21-22-18)20(17)24-15-6-4-3-5-7-15/h3-7,10-14H,8-9H2,1-2H3,(H,21,22). The minimum Gasteiger partial charge on any atom is -0.456 e. The Balaban J connectivity index is 1.87. The van der Waals surface area contributed by atoms with Gasteiger partial charge in [-0.05, 0) is 50.1 Å². The van der Waals surface area contributed by atoms with Gasteiger partial charge in [-0.3, -0.25) is 5.10 Å². The van der Waals surface area contributed by atoms with E-state index >= 15 is 0 Å². The molecule has 1 aliphatic rings. The van der Waals surface area contributed by atoms with Crippen LogP contribution in [0.5, 0.6) is 11.5 Å². The third kappa shape index (κ3) is 2.54. The summed E-state index contributed by atoms with van der Waals surface area (Å²) in [5.74, 6) is 1.79. The van der Waals surface area contributed by atoms with Gasteiger partial charge in [-0.15, -0.1) is 0 Å². The Morgan fingerprint density at radius 1 is 1.12 bits per heavy atom. The number of hydrogen-bond donors (Lipinski definition) is 1. The summed E-state index contributed by atoms with van der Waals surface area (Å²) in [6.45, 7) is 2.27. The van der Waals surface area contributed by atoms with E-state index in [1.54, 1.807) is 6.20 Å². The molecule has 1 N–H and O–H groups in total. The van der Waals surface area contributed by atoms with Gasteiger partial charge in [-0.1, -0.05) is 18.2 Å². The normalized spacial score (nSPS) is 16.8. The number of benzene rings is 2. The molecule has 4 heteroatoms. The highest BCUT2D eigenvalue weighted by Gasteiger charge is 2.25. The molecule has 1 atom stereocenters. The number of hydrogen-bond acceptors (Lipinski definition) is 3. The van der Waals surface area contributed by atoms with Gasteiger partial charge >= 0.3 is 0 Å². The van der Waals surface area contributed by atoms with Gasteiger partial charge in [0.15, 0.2) is 0 Å². The second-order valence-electron chi connectivity index (χ2n) is 6.32. The lowest BCUT2D eigenvalue weighted by atomic mass is 9.93. The van der Waals surface area contributed by atoms with Gasteiger partial charge in [0.2, 0.25) is 0 Å². The molecule has 1 aromatic heterocycles. The number of ether oxygens (including phenoxy) is 1. The van der Waals surface area contributed by atoms with Crippen molar-refractivity contribution < 1.29 is 4.74 Å². The Labute approximate surface area is 142 Å². The van der Waals surface area contributed by atoms with Gasteiger partial charge in [0.1, 0.15) is 11.5 Å². The fourth-order valence-electron chi connectivity index (χ4n) is 3.31. The Kier molecular flexibility index (Phi) is 3.73. The zero-order chi connectivity index (χ0) is 16.5. The third-order valence-electron chi connectivity index (χ3n) is 4.84. The van der Waals surface area contributed by atoms with Crippen LogP contribution in [0.3, 0.4) is 0 Å². The second-order valence-corrected chi connectivity index (χ2v) is 6.32. The first-order valence-corrected chi connectivity index (χ1v) is 8.35. The Hall–Kier alpha value is -2.75. The number of rotatable bonds is 3. The topological polar surface area (TPSA) is 41.1 Å². The summed E-state index contributed by atoms with van der Waals surface area (Å²) in [4.78, 5) is 2.34. The van der Waals surface area contributed by atoms with Crippen LogP contribution in [0.15, 0.2) is 54.7 Å². The summed E-state index contributed by atoms with van der Waals surface area (Å²) in [6.07, 6.45) is 3.92. The molecule has 4 rings (SSSR count). The highest BCUT2D eigenvalue weighted by atomic mass is 16.5. The summed E-state index contributed by atoms with van der Waals surface area (Å²) >= 11 is 0. The van der Waals surface area contributed by atoms with Crippen LogP contribution in [0.4, 0.5) is 5.69 Å². The van der Waals surface area contributed by atoms with Crippen LogP contribution in [0.2, 0.25) is 0 Å². The Morgan fingerprint density at radius 3 is 2.71 bits per heavy atom. The first kappa shape index (κ1) is 14.8. The molecule has 0 spiro atoms. The van der Waals surface area contributed by atoms with E-state index in [1.807, 2.05) is 36.4 Å². The average molecular weight is 319 g/mol. The van der Waals surface area contributed by atoms with Gasteiger partial charge in [-0.2, -0.15) is 5.10 Å². The fourth-order valence-corrected chi connectivity index (χ4v) is 3.31. The van der Waals surface area contributed by atoms with Crippen molar-refractivity contribution in [3.05, 3.63) is 60.3 Å². The molecule has 1 unspecified atom stereocenters. The summed E-state index contributed by atoms with van der Waals surface area (Å²) < 4.78 is 6.34. The highest BCUT2D eigenvalue weighted by molar-refractivity contribution is 5.76. The Bertz CT molecular complexity index is 828. The smallest absolute Gasteiger partial charge is 0.142 e. The molecule has 1 aliphatic heterocycles. The molecule has 0 saturated carbocycles. The molecule has 2 heterocycles. The van der Waals surface area contributed by atoms with Crippen LogP contribution in [-0.2, 0) is 6.42 Å². The van der Waals surface area contributed by atoms with Crippen LogP contribution in [-0.4, -0.2) is 23.3 Å². The molecule has 0 radical (unpaired) electrons. The average Bonchev–Trinajstić information content (AvgIpc) is 3.14. The molecule has 0 amide bonds. The SMILES string of the molecule is CC1CCc2c(ccc(-c3ccn[nH]3)c2Oc2ccccc2)N1C. The molecule has 0 saturated heterocycles. The summed E-state index contributed by atoms with van der Waals surface area (Å²) in [5, 5.41) is 7.16. The first-order chi connectivity index (χ1) is 11.7. The third-order valence-corrected chi connectivity index (χ3v) is 4.84. The van der Waals surface area contributed by atoms with Crippen molar-refractivity contribution >= 4 is 5.69 Å². The van der Waals surface area contributed by atoms with Crippen LogP contribution in [0, 0.1) is 0 Å². The van der Waals surface area contributed by atoms with E-state index in [4.69, 9.17) is 4.74 Å². The maximum absolute atomic E-state index is 6.34. The minimum atomic E-state index is 0.542. The van der Waals surface area contributed by atoms with Crippen LogP contribution in [0.1, 0.15) is 18.9 Å². The lowest BCUT2D eigenvalue weighted by Crippen LogP contribution is -2.33. The molecule has 2 aromatic carbocycles. The van der Waals surface area contributed by atoms with E-state index in [9.17, 15) is 0 Å². The van der Waals surface area contributed by atoms with Crippen molar-refractivity contribution in [2.24, 2.45) is 0 Å². The number of fused-ring (bicyclic) bond motifs is 1. The second kappa shape index (κ2) is 6.04.